The lowest BCUT2D eigenvalue weighted by molar-refractivity contribution is -0.112. The van der Waals surface area contributed by atoms with Gasteiger partial charge in [0.2, 0.25) is 0 Å². The molecule has 0 unspecified atom stereocenters. The maximum absolute atomic E-state index is 11.4. The van der Waals surface area contributed by atoms with Crippen LogP contribution in [0, 0.1) is 0 Å². The molecule has 0 fully saturated rings. The van der Waals surface area contributed by atoms with Crippen molar-refractivity contribution < 1.29 is 4.79 Å². The van der Waals surface area contributed by atoms with Gasteiger partial charge >= 0.3 is 0 Å². The first-order valence-electron chi connectivity index (χ1n) is 5.38. The molecule has 0 aliphatic carbocycles. The van der Waals surface area contributed by atoms with E-state index in [9.17, 15) is 4.79 Å². The lowest BCUT2D eigenvalue weighted by atomic mass is 10.3. The number of hydrogen-bond donors (Lipinski definition) is 1. The van der Waals surface area contributed by atoms with Crippen LogP contribution >= 0.6 is 0 Å². The topological polar surface area (TPSA) is 29.1 Å². The van der Waals surface area contributed by atoms with Gasteiger partial charge in [0.15, 0.2) is 0 Å². The van der Waals surface area contributed by atoms with Gasteiger partial charge in [0.05, 0.1) is 8.07 Å². The summed E-state index contributed by atoms with van der Waals surface area (Å²) in [7, 11) is -1.25. The summed E-state index contributed by atoms with van der Waals surface area (Å²) >= 11 is 0. The molecule has 1 N–H and O–H groups in total. The van der Waals surface area contributed by atoms with Crippen LogP contribution < -0.4 is 10.5 Å². The lowest BCUT2D eigenvalue weighted by Gasteiger charge is -2.16. The first-order valence-corrected chi connectivity index (χ1v) is 8.88. The Bertz CT molecular complexity index is 401. The van der Waals surface area contributed by atoms with Gasteiger partial charge in [-0.15, -0.1) is 0 Å². The Hall–Kier alpha value is -1.35. The second-order valence-electron chi connectivity index (χ2n) is 5.06. The second-order valence-corrected chi connectivity index (χ2v) is 10.1. The number of benzene rings is 1. The molecule has 1 rings (SSSR count). The maximum Gasteiger partial charge on any atom is 0.250 e. The summed E-state index contributed by atoms with van der Waals surface area (Å²) in [6.45, 7) is 12.2. The fourth-order valence-corrected chi connectivity index (χ4v) is 2.46. The van der Waals surface area contributed by atoms with Crippen molar-refractivity contribution in [2.75, 3.05) is 5.32 Å². The van der Waals surface area contributed by atoms with Crippen LogP contribution in [0.15, 0.2) is 36.4 Å². The van der Waals surface area contributed by atoms with Crippen molar-refractivity contribution in [2.45, 2.75) is 26.6 Å². The fraction of sp³-hybridized carbons (Fsp3) is 0.308. The zero-order valence-electron chi connectivity index (χ0n) is 10.4. The highest BCUT2D eigenvalue weighted by atomic mass is 28.3. The van der Waals surface area contributed by atoms with Crippen molar-refractivity contribution >= 4 is 24.9 Å². The van der Waals surface area contributed by atoms with E-state index in [0.29, 0.717) is 5.57 Å². The van der Waals surface area contributed by atoms with E-state index in [1.165, 1.54) is 5.19 Å². The third kappa shape index (κ3) is 3.34. The Morgan fingerprint density at radius 3 is 2.06 bits per heavy atom. The standard InChI is InChI=1S/C13H19NOSi/c1-10(2)13(15)14-11-6-8-12(9-7-11)16(3,4)5/h6-9H,1H2,2-5H3,(H,14,15). The lowest BCUT2D eigenvalue weighted by Crippen LogP contribution is -2.37. The minimum atomic E-state index is -1.25. The van der Waals surface area contributed by atoms with Crippen molar-refractivity contribution in [3.05, 3.63) is 36.4 Å². The molecule has 0 saturated heterocycles. The van der Waals surface area contributed by atoms with E-state index in [1.54, 1.807) is 6.92 Å². The maximum atomic E-state index is 11.4. The van der Waals surface area contributed by atoms with E-state index >= 15 is 0 Å². The Morgan fingerprint density at radius 1 is 1.19 bits per heavy atom. The minimum absolute atomic E-state index is 0.124. The number of rotatable bonds is 3. The van der Waals surface area contributed by atoms with E-state index in [1.807, 2.05) is 12.1 Å². The van der Waals surface area contributed by atoms with Crippen molar-refractivity contribution in [1.82, 2.24) is 0 Å². The quantitative estimate of drug-likeness (QED) is 0.631. The average Bonchev–Trinajstić information content (AvgIpc) is 2.17. The van der Waals surface area contributed by atoms with Crippen LogP contribution in [-0.2, 0) is 4.79 Å². The van der Waals surface area contributed by atoms with Crippen LogP contribution in [0.4, 0.5) is 5.69 Å². The van der Waals surface area contributed by atoms with Crippen LogP contribution in [0.3, 0.4) is 0 Å². The van der Waals surface area contributed by atoms with E-state index in [2.05, 4.69) is 43.7 Å². The van der Waals surface area contributed by atoms with Crippen LogP contribution in [0.2, 0.25) is 19.6 Å². The van der Waals surface area contributed by atoms with Crippen LogP contribution in [0.1, 0.15) is 6.92 Å². The Morgan fingerprint density at radius 2 is 1.69 bits per heavy atom. The van der Waals surface area contributed by atoms with Gasteiger partial charge in [-0.1, -0.05) is 43.5 Å². The predicted molar refractivity (Wildman–Crippen MR) is 72.9 cm³/mol. The van der Waals surface area contributed by atoms with Crippen LogP contribution in [-0.4, -0.2) is 14.0 Å². The van der Waals surface area contributed by atoms with Crippen molar-refractivity contribution in [3.63, 3.8) is 0 Å². The smallest absolute Gasteiger partial charge is 0.250 e. The minimum Gasteiger partial charge on any atom is -0.322 e. The highest BCUT2D eigenvalue weighted by molar-refractivity contribution is 6.88. The van der Waals surface area contributed by atoms with Crippen molar-refractivity contribution in [1.29, 1.82) is 0 Å². The van der Waals surface area contributed by atoms with Gasteiger partial charge in [0, 0.05) is 11.3 Å². The zero-order chi connectivity index (χ0) is 12.3. The molecular weight excluding hydrogens is 214 g/mol. The fourth-order valence-electron chi connectivity index (χ4n) is 1.29. The molecule has 0 spiro atoms. The SMILES string of the molecule is C=C(C)C(=O)Nc1ccc([Si](C)(C)C)cc1. The molecule has 0 heterocycles. The summed E-state index contributed by atoms with van der Waals surface area (Å²) in [5.41, 5.74) is 1.35. The van der Waals surface area contributed by atoms with Gasteiger partial charge in [-0.3, -0.25) is 4.79 Å². The number of nitrogens with one attached hydrogen (secondary N) is 1. The molecule has 0 aliphatic rings. The van der Waals surface area contributed by atoms with Gasteiger partial charge in [-0.05, 0) is 19.1 Å². The first-order chi connectivity index (χ1) is 7.30. The largest absolute Gasteiger partial charge is 0.322 e. The molecule has 1 aromatic rings. The Labute approximate surface area is 98.4 Å². The molecule has 0 saturated carbocycles. The monoisotopic (exact) mass is 233 g/mol. The average molecular weight is 233 g/mol. The van der Waals surface area contributed by atoms with Crippen molar-refractivity contribution in [2.24, 2.45) is 0 Å². The van der Waals surface area contributed by atoms with Gasteiger partial charge in [-0.2, -0.15) is 0 Å². The van der Waals surface area contributed by atoms with Crippen LogP contribution in [0.25, 0.3) is 0 Å². The molecule has 2 nitrogen and oxygen atoms in total. The van der Waals surface area contributed by atoms with E-state index < -0.39 is 8.07 Å². The summed E-state index contributed by atoms with van der Waals surface area (Å²) in [5.74, 6) is -0.124. The molecular formula is C13H19NOSi. The highest BCUT2D eigenvalue weighted by Gasteiger charge is 2.15. The normalized spacial score (nSPS) is 11.0. The number of carbonyl (C=O) groups excluding carboxylic acids is 1. The highest BCUT2D eigenvalue weighted by Crippen LogP contribution is 2.09. The number of amides is 1. The molecule has 0 radical (unpaired) electrons. The zero-order valence-corrected chi connectivity index (χ0v) is 11.4. The second kappa shape index (κ2) is 4.66. The summed E-state index contributed by atoms with van der Waals surface area (Å²) < 4.78 is 0. The Kier molecular flexibility index (Phi) is 3.70. The summed E-state index contributed by atoms with van der Waals surface area (Å²) in [5, 5.41) is 4.19. The van der Waals surface area contributed by atoms with Gasteiger partial charge < -0.3 is 5.32 Å². The van der Waals surface area contributed by atoms with E-state index in [0.717, 1.165) is 5.69 Å². The molecule has 1 aromatic carbocycles. The molecule has 0 aliphatic heterocycles. The Balaban J connectivity index is 2.80. The number of hydrogen-bond acceptors (Lipinski definition) is 1. The van der Waals surface area contributed by atoms with Gasteiger partial charge in [0.25, 0.3) is 5.91 Å². The number of anilines is 1. The molecule has 0 bridgehead atoms. The number of carbonyl (C=O) groups is 1. The van der Waals surface area contributed by atoms with Crippen LogP contribution in [0.5, 0.6) is 0 Å². The van der Waals surface area contributed by atoms with E-state index in [-0.39, 0.29) is 5.91 Å². The molecule has 3 heteroatoms. The molecule has 0 aromatic heterocycles. The summed E-state index contributed by atoms with van der Waals surface area (Å²) in [4.78, 5) is 11.4. The summed E-state index contributed by atoms with van der Waals surface area (Å²) in [6, 6.07) is 8.10. The third-order valence-corrected chi connectivity index (χ3v) is 4.46. The summed E-state index contributed by atoms with van der Waals surface area (Å²) in [6.07, 6.45) is 0. The third-order valence-electron chi connectivity index (χ3n) is 2.40. The molecule has 86 valence electrons. The molecule has 16 heavy (non-hydrogen) atoms. The van der Waals surface area contributed by atoms with Gasteiger partial charge in [0.1, 0.15) is 0 Å². The van der Waals surface area contributed by atoms with Gasteiger partial charge in [-0.25, -0.2) is 0 Å². The molecule has 1 amide bonds. The molecule has 0 atom stereocenters. The van der Waals surface area contributed by atoms with Crippen molar-refractivity contribution in [3.8, 4) is 0 Å². The van der Waals surface area contributed by atoms with E-state index in [4.69, 9.17) is 0 Å². The predicted octanol–water partition coefficient (Wildman–Crippen LogP) is 2.75. The first kappa shape index (κ1) is 12.7.